The molecule has 2 aromatic rings. The third-order valence-corrected chi connectivity index (χ3v) is 4.33. The lowest BCUT2D eigenvalue weighted by Crippen LogP contribution is -2.31. The molecule has 0 saturated carbocycles. The van der Waals surface area contributed by atoms with Crippen molar-refractivity contribution in [3.8, 4) is 0 Å². The molecule has 0 atom stereocenters. The Labute approximate surface area is 136 Å². The molecule has 0 bridgehead atoms. The standard InChI is InChI=1S/C19H20N2O2/c22-14-21-11-9-15(10-12-21)17-7-4-8-18(13-17)20-19(23)16-5-2-1-3-6-16/h1-8,13-15H,9-12H2,(H,20,23). The number of hydrogen-bond acceptors (Lipinski definition) is 2. The van der Waals surface area contributed by atoms with Crippen LogP contribution in [0.1, 0.15) is 34.7 Å². The number of carbonyl (C=O) groups excluding carboxylic acids is 2. The Kier molecular flexibility index (Phi) is 4.71. The highest BCUT2D eigenvalue weighted by molar-refractivity contribution is 6.04. The Morgan fingerprint density at radius 3 is 2.48 bits per heavy atom. The van der Waals surface area contributed by atoms with Crippen LogP contribution >= 0.6 is 0 Å². The Hall–Kier alpha value is -2.62. The third kappa shape index (κ3) is 3.77. The van der Waals surface area contributed by atoms with Gasteiger partial charge in [0.25, 0.3) is 5.91 Å². The molecule has 1 aliphatic rings. The third-order valence-electron chi connectivity index (χ3n) is 4.33. The minimum Gasteiger partial charge on any atom is -0.345 e. The zero-order valence-corrected chi connectivity index (χ0v) is 12.9. The lowest BCUT2D eigenvalue weighted by atomic mass is 9.89. The van der Waals surface area contributed by atoms with Gasteiger partial charge in [0.05, 0.1) is 0 Å². The van der Waals surface area contributed by atoms with E-state index in [0.29, 0.717) is 11.5 Å². The van der Waals surface area contributed by atoms with Crippen LogP contribution in [0.3, 0.4) is 0 Å². The lowest BCUT2D eigenvalue weighted by Gasteiger charge is -2.29. The van der Waals surface area contributed by atoms with Crippen molar-refractivity contribution >= 4 is 18.0 Å². The molecule has 2 amide bonds. The summed E-state index contributed by atoms with van der Waals surface area (Å²) in [5.41, 5.74) is 2.69. The maximum absolute atomic E-state index is 12.2. The van der Waals surface area contributed by atoms with Gasteiger partial charge >= 0.3 is 0 Å². The van der Waals surface area contributed by atoms with Gasteiger partial charge in [-0.2, -0.15) is 0 Å². The Bertz CT molecular complexity index is 677. The SMILES string of the molecule is O=CN1CCC(c2cccc(NC(=O)c3ccccc3)c2)CC1. The number of hydrogen-bond donors (Lipinski definition) is 1. The van der Waals surface area contributed by atoms with Crippen molar-refractivity contribution in [2.45, 2.75) is 18.8 Å². The van der Waals surface area contributed by atoms with Crippen LogP contribution in [0.15, 0.2) is 54.6 Å². The molecule has 0 aliphatic carbocycles. The first-order valence-corrected chi connectivity index (χ1v) is 7.92. The zero-order valence-electron chi connectivity index (χ0n) is 12.9. The van der Waals surface area contributed by atoms with Gasteiger partial charge < -0.3 is 10.2 Å². The number of nitrogens with one attached hydrogen (secondary N) is 1. The fourth-order valence-electron chi connectivity index (χ4n) is 3.00. The summed E-state index contributed by atoms with van der Waals surface area (Å²) in [4.78, 5) is 24.8. The molecule has 2 aromatic carbocycles. The van der Waals surface area contributed by atoms with E-state index >= 15 is 0 Å². The first kappa shape index (κ1) is 15.3. The van der Waals surface area contributed by atoms with Crippen LogP contribution in [0.4, 0.5) is 5.69 Å². The van der Waals surface area contributed by atoms with E-state index in [4.69, 9.17) is 0 Å². The smallest absolute Gasteiger partial charge is 0.255 e. The van der Waals surface area contributed by atoms with E-state index in [1.165, 1.54) is 5.56 Å². The summed E-state index contributed by atoms with van der Waals surface area (Å²) in [6, 6.07) is 17.2. The van der Waals surface area contributed by atoms with Crippen molar-refractivity contribution in [1.29, 1.82) is 0 Å². The molecule has 1 saturated heterocycles. The maximum atomic E-state index is 12.2. The summed E-state index contributed by atoms with van der Waals surface area (Å²) < 4.78 is 0. The number of nitrogens with zero attached hydrogens (tertiary/aromatic N) is 1. The number of amides is 2. The Morgan fingerprint density at radius 2 is 1.78 bits per heavy atom. The number of benzene rings is 2. The van der Waals surface area contributed by atoms with E-state index < -0.39 is 0 Å². The molecular weight excluding hydrogens is 288 g/mol. The molecular formula is C19H20N2O2. The van der Waals surface area contributed by atoms with Gasteiger partial charge in [0.15, 0.2) is 0 Å². The molecule has 118 valence electrons. The van der Waals surface area contributed by atoms with Crippen molar-refractivity contribution in [2.24, 2.45) is 0 Å². The van der Waals surface area contributed by atoms with E-state index in [-0.39, 0.29) is 5.91 Å². The van der Waals surface area contributed by atoms with Crippen LogP contribution in [0.5, 0.6) is 0 Å². The summed E-state index contributed by atoms with van der Waals surface area (Å²) in [6.07, 6.45) is 2.86. The van der Waals surface area contributed by atoms with Crippen LogP contribution in [0, 0.1) is 0 Å². The van der Waals surface area contributed by atoms with Crippen molar-refractivity contribution in [3.05, 3.63) is 65.7 Å². The summed E-state index contributed by atoms with van der Waals surface area (Å²) in [6.45, 7) is 1.60. The first-order valence-electron chi connectivity index (χ1n) is 7.92. The van der Waals surface area contributed by atoms with Crippen LogP contribution in [-0.2, 0) is 4.79 Å². The van der Waals surface area contributed by atoms with E-state index in [2.05, 4.69) is 11.4 Å². The first-order chi connectivity index (χ1) is 11.3. The fourth-order valence-corrected chi connectivity index (χ4v) is 3.00. The predicted octanol–water partition coefficient (Wildman–Crippen LogP) is 3.27. The summed E-state index contributed by atoms with van der Waals surface area (Å²) in [5, 5.41) is 2.95. The minimum atomic E-state index is -0.0986. The fraction of sp³-hybridized carbons (Fsp3) is 0.263. The molecule has 1 fully saturated rings. The van der Waals surface area contributed by atoms with E-state index in [0.717, 1.165) is 38.0 Å². The molecule has 3 rings (SSSR count). The van der Waals surface area contributed by atoms with E-state index in [1.807, 2.05) is 41.3 Å². The van der Waals surface area contributed by atoms with Crippen molar-refractivity contribution in [3.63, 3.8) is 0 Å². The number of piperidine rings is 1. The van der Waals surface area contributed by atoms with Crippen molar-refractivity contribution in [2.75, 3.05) is 18.4 Å². The quantitative estimate of drug-likeness (QED) is 0.881. The second kappa shape index (κ2) is 7.09. The molecule has 4 nitrogen and oxygen atoms in total. The molecule has 1 N–H and O–H groups in total. The number of anilines is 1. The van der Waals surface area contributed by atoms with Crippen molar-refractivity contribution in [1.82, 2.24) is 4.90 Å². The average molecular weight is 308 g/mol. The van der Waals surface area contributed by atoms with Crippen LogP contribution in [0.2, 0.25) is 0 Å². The van der Waals surface area contributed by atoms with Crippen LogP contribution in [0.25, 0.3) is 0 Å². The predicted molar refractivity (Wildman–Crippen MR) is 90.4 cm³/mol. The van der Waals surface area contributed by atoms with Gasteiger partial charge in [-0.25, -0.2) is 0 Å². The summed E-state index contributed by atoms with van der Waals surface area (Å²) >= 11 is 0. The molecule has 0 radical (unpaired) electrons. The second-order valence-electron chi connectivity index (χ2n) is 5.86. The molecule has 0 spiro atoms. The molecule has 0 aromatic heterocycles. The van der Waals surface area contributed by atoms with E-state index in [9.17, 15) is 9.59 Å². The number of rotatable bonds is 4. The summed E-state index contributed by atoms with van der Waals surface area (Å²) in [7, 11) is 0. The van der Waals surface area contributed by atoms with Crippen molar-refractivity contribution < 1.29 is 9.59 Å². The normalized spacial score (nSPS) is 15.2. The monoisotopic (exact) mass is 308 g/mol. The van der Waals surface area contributed by atoms with E-state index in [1.54, 1.807) is 12.1 Å². The van der Waals surface area contributed by atoms with Gasteiger partial charge in [0.1, 0.15) is 0 Å². The number of likely N-dealkylation sites (tertiary alicyclic amines) is 1. The molecule has 23 heavy (non-hydrogen) atoms. The van der Waals surface area contributed by atoms with Crippen LogP contribution < -0.4 is 5.32 Å². The minimum absolute atomic E-state index is 0.0986. The molecule has 1 heterocycles. The van der Waals surface area contributed by atoms with Gasteiger partial charge in [0, 0.05) is 24.3 Å². The van der Waals surface area contributed by atoms with Gasteiger partial charge in [0.2, 0.25) is 6.41 Å². The molecule has 1 aliphatic heterocycles. The second-order valence-corrected chi connectivity index (χ2v) is 5.86. The topological polar surface area (TPSA) is 49.4 Å². The average Bonchev–Trinajstić information content (AvgIpc) is 2.63. The van der Waals surface area contributed by atoms with Gasteiger partial charge in [-0.15, -0.1) is 0 Å². The molecule has 0 unspecified atom stereocenters. The highest BCUT2D eigenvalue weighted by atomic mass is 16.1. The highest BCUT2D eigenvalue weighted by Gasteiger charge is 2.19. The van der Waals surface area contributed by atoms with Gasteiger partial charge in [-0.05, 0) is 48.6 Å². The largest absolute Gasteiger partial charge is 0.345 e. The number of carbonyl (C=O) groups is 2. The lowest BCUT2D eigenvalue weighted by molar-refractivity contribution is -0.119. The maximum Gasteiger partial charge on any atom is 0.255 e. The van der Waals surface area contributed by atoms with Crippen LogP contribution in [-0.4, -0.2) is 30.3 Å². The van der Waals surface area contributed by atoms with Gasteiger partial charge in [-0.1, -0.05) is 30.3 Å². The molecule has 4 heteroatoms. The Morgan fingerprint density at radius 1 is 1.04 bits per heavy atom. The Balaban J connectivity index is 1.68. The van der Waals surface area contributed by atoms with Gasteiger partial charge in [-0.3, -0.25) is 9.59 Å². The zero-order chi connectivity index (χ0) is 16.1. The summed E-state index contributed by atoms with van der Waals surface area (Å²) in [5.74, 6) is 0.346. The highest BCUT2D eigenvalue weighted by Crippen LogP contribution is 2.29.